The lowest BCUT2D eigenvalue weighted by molar-refractivity contribution is -0.150. The fraction of sp³-hybridized carbons (Fsp3) is 0.240. The number of rotatable bonds is 9. The number of pyridine rings is 1. The largest absolute Gasteiger partial charge is 0.503 e. The van der Waals surface area contributed by atoms with Crippen LogP contribution in [0.1, 0.15) is 35.1 Å². The van der Waals surface area contributed by atoms with Crippen LogP contribution in [-0.2, 0) is 9.53 Å². The van der Waals surface area contributed by atoms with Crippen LogP contribution in [0.4, 0.5) is 4.39 Å². The summed E-state index contributed by atoms with van der Waals surface area (Å²) in [6.45, 7) is 3.22. The molecule has 9 heteroatoms. The summed E-state index contributed by atoms with van der Waals surface area (Å²) in [5.74, 6) is -2.11. The maximum Gasteiger partial charge on any atom is 0.328 e. The first-order valence-corrected chi connectivity index (χ1v) is 11.4. The summed E-state index contributed by atoms with van der Waals surface area (Å²) in [7, 11) is 1.35. The minimum Gasteiger partial charge on any atom is -0.503 e. The van der Waals surface area contributed by atoms with Crippen molar-refractivity contribution in [3.05, 3.63) is 83.9 Å². The third-order valence-electron chi connectivity index (χ3n) is 4.96. The quantitative estimate of drug-likeness (QED) is 0.340. The second kappa shape index (κ2) is 11.5. The van der Waals surface area contributed by atoms with Gasteiger partial charge in [0.2, 0.25) is 0 Å². The number of ether oxygens (including phenoxy) is 2. The minimum atomic E-state index is -1.02. The summed E-state index contributed by atoms with van der Waals surface area (Å²) in [6, 6.07) is 16.0. The van der Waals surface area contributed by atoms with E-state index in [2.05, 4.69) is 10.3 Å². The van der Waals surface area contributed by atoms with Crippen LogP contribution in [0.2, 0.25) is 0 Å². The highest BCUT2D eigenvalue weighted by molar-refractivity contribution is 7.99. The summed E-state index contributed by atoms with van der Waals surface area (Å²) in [6.07, 6.45) is 0.706. The fourth-order valence-electron chi connectivity index (χ4n) is 3.17. The van der Waals surface area contributed by atoms with E-state index in [4.69, 9.17) is 9.47 Å². The molecule has 1 amide bonds. The minimum absolute atomic E-state index is 0.0871. The Kier molecular flexibility index (Phi) is 8.48. The third-order valence-corrected chi connectivity index (χ3v) is 6.41. The molecule has 0 bridgehead atoms. The number of thioether (sulfide) groups is 1. The van der Waals surface area contributed by atoms with Gasteiger partial charge < -0.3 is 19.9 Å². The van der Waals surface area contributed by atoms with Gasteiger partial charge >= 0.3 is 5.97 Å². The van der Waals surface area contributed by atoms with Gasteiger partial charge in [-0.3, -0.25) is 4.79 Å². The fourth-order valence-corrected chi connectivity index (χ4v) is 4.32. The molecule has 0 fully saturated rings. The lowest BCUT2D eigenvalue weighted by atomic mass is 10.1. The van der Waals surface area contributed by atoms with Crippen molar-refractivity contribution in [1.29, 1.82) is 0 Å². The number of hydrogen-bond donors (Lipinski definition) is 2. The molecule has 0 radical (unpaired) electrons. The second-order valence-corrected chi connectivity index (χ2v) is 8.67. The monoisotopic (exact) mass is 484 g/mol. The van der Waals surface area contributed by atoms with E-state index < -0.39 is 29.8 Å². The first-order chi connectivity index (χ1) is 16.3. The number of aromatic hydroxyl groups is 1. The van der Waals surface area contributed by atoms with Gasteiger partial charge in [0.25, 0.3) is 5.91 Å². The van der Waals surface area contributed by atoms with Crippen LogP contribution in [0.25, 0.3) is 0 Å². The number of nitrogens with zero attached hydrogens (tertiary/aromatic N) is 1. The highest BCUT2D eigenvalue weighted by Crippen LogP contribution is 2.39. The maximum atomic E-state index is 13.5. The molecule has 2 N–H and O–H groups in total. The van der Waals surface area contributed by atoms with Crippen molar-refractivity contribution in [2.75, 3.05) is 7.11 Å². The Morgan fingerprint density at radius 3 is 2.38 bits per heavy atom. The maximum absolute atomic E-state index is 13.5. The Morgan fingerprint density at radius 2 is 1.74 bits per heavy atom. The van der Waals surface area contributed by atoms with Gasteiger partial charge in [-0.1, -0.05) is 30.3 Å². The van der Waals surface area contributed by atoms with E-state index in [9.17, 15) is 19.1 Å². The molecule has 0 aliphatic heterocycles. The number of halogens is 1. The summed E-state index contributed by atoms with van der Waals surface area (Å²) in [5, 5.41) is 12.3. The number of esters is 1. The summed E-state index contributed by atoms with van der Waals surface area (Å²) in [5.41, 5.74) is 0.522. The van der Waals surface area contributed by atoms with Crippen molar-refractivity contribution >= 4 is 23.6 Å². The Hall–Kier alpha value is -3.59. The van der Waals surface area contributed by atoms with E-state index in [0.717, 1.165) is 10.5 Å². The van der Waals surface area contributed by atoms with Crippen molar-refractivity contribution in [2.24, 2.45) is 0 Å². The number of nitrogens with one attached hydrogen (secondary N) is 1. The van der Waals surface area contributed by atoms with Crippen LogP contribution >= 0.6 is 11.8 Å². The third kappa shape index (κ3) is 6.26. The summed E-state index contributed by atoms with van der Waals surface area (Å²) < 4.78 is 24.1. The van der Waals surface area contributed by atoms with Gasteiger partial charge in [0.1, 0.15) is 18.0 Å². The van der Waals surface area contributed by atoms with E-state index >= 15 is 0 Å². The molecule has 3 aromatic rings. The zero-order chi connectivity index (χ0) is 24.7. The van der Waals surface area contributed by atoms with Crippen LogP contribution in [0.15, 0.2) is 71.8 Å². The Morgan fingerprint density at radius 1 is 1.06 bits per heavy atom. The second-order valence-electron chi connectivity index (χ2n) is 7.45. The zero-order valence-electron chi connectivity index (χ0n) is 18.9. The van der Waals surface area contributed by atoms with Crippen molar-refractivity contribution in [3.63, 3.8) is 0 Å². The average Bonchev–Trinajstić information content (AvgIpc) is 2.83. The van der Waals surface area contributed by atoms with E-state index in [-0.39, 0.29) is 22.5 Å². The molecule has 0 aliphatic rings. The first kappa shape index (κ1) is 25.0. The molecule has 0 aliphatic carbocycles. The van der Waals surface area contributed by atoms with E-state index in [1.165, 1.54) is 50.2 Å². The van der Waals surface area contributed by atoms with Gasteiger partial charge in [-0.25, -0.2) is 14.2 Å². The molecule has 3 atom stereocenters. The van der Waals surface area contributed by atoms with Crippen LogP contribution in [0.5, 0.6) is 11.5 Å². The molecule has 1 aromatic heterocycles. The Labute approximate surface area is 201 Å². The Balaban J connectivity index is 1.71. The number of carbonyl (C=O) groups is 2. The summed E-state index contributed by atoms with van der Waals surface area (Å²) >= 11 is 1.48. The number of hydrogen-bond acceptors (Lipinski definition) is 7. The van der Waals surface area contributed by atoms with Crippen LogP contribution in [0.3, 0.4) is 0 Å². The van der Waals surface area contributed by atoms with Crippen LogP contribution < -0.4 is 10.1 Å². The number of aromatic nitrogens is 1. The lowest BCUT2D eigenvalue weighted by Gasteiger charge is -2.25. The van der Waals surface area contributed by atoms with E-state index in [1.807, 2.05) is 30.3 Å². The van der Waals surface area contributed by atoms with Crippen LogP contribution in [0, 0.1) is 5.82 Å². The highest BCUT2D eigenvalue weighted by atomic mass is 32.2. The number of amides is 1. The van der Waals surface area contributed by atoms with Gasteiger partial charge in [0, 0.05) is 17.2 Å². The average molecular weight is 485 g/mol. The molecule has 3 rings (SSSR count). The van der Waals surface area contributed by atoms with Gasteiger partial charge in [-0.05, 0) is 43.7 Å². The molecule has 178 valence electrons. The lowest BCUT2D eigenvalue weighted by Crippen LogP contribution is -2.41. The van der Waals surface area contributed by atoms with Crippen LogP contribution in [-0.4, -0.2) is 41.2 Å². The number of methoxy groups -OCH3 is 1. The predicted molar refractivity (Wildman–Crippen MR) is 126 cm³/mol. The van der Waals surface area contributed by atoms with E-state index in [0.29, 0.717) is 0 Å². The highest BCUT2D eigenvalue weighted by Gasteiger charge is 2.28. The van der Waals surface area contributed by atoms with Crippen molar-refractivity contribution < 1.29 is 28.6 Å². The molecule has 0 spiro atoms. The molecule has 0 unspecified atom stereocenters. The smallest absolute Gasteiger partial charge is 0.328 e. The van der Waals surface area contributed by atoms with Crippen molar-refractivity contribution in [3.8, 4) is 11.5 Å². The number of carbonyl (C=O) groups excluding carboxylic acids is 2. The molecular weight excluding hydrogens is 459 g/mol. The molecule has 34 heavy (non-hydrogen) atoms. The molecule has 0 saturated heterocycles. The summed E-state index contributed by atoms with van der Waals surface area (Å²) in [4.78, 5) is 30.1. The standard InChI is InChI=1S/C25H25FN2O5S/c1-15(28-24(30)21-22(29)20(32-3)13-14-27-21)25(31)33-16(2)23(17-9-11-18(26)12-10-17)34-19-7-5-4-6-8-19/h4-16,23,29H,1-3H3,(H,28,30)/t15-,16-,23-/m0/s1. The molecule has 7 nitrogen and oxygen atoms in total. The first-order valence-electron chi connectivity index (χ1n) is 10.5. The van der Waals surface area contributed by atoms with Gasteiger partial charge in [-0.2, -0.15) is 0 Å². The van der Waals surface area contributed by atoms with Crippen molar-refractivity contribution in [2.45, 2.75) is 36.1 Å². The Bertz CT molecular complexity index is 1130. The zero-order valence-corrected chi connectivity index (χ0v) is 19.7. The topological polar surface area (TPSA) is 97.8 Å². The van der Waals surface area contributed by atoms with E-state index in [1.54, 1.807) is 19.1 Å². The van der Waals surface area contributed by atoms with Crippen molar-refractivity contribution in [1.82, 2.24) is 10.3 Å². The predicted octanol–water partition coefficient (Wildman–Crippen LogP) is 4.52. The number of benzene rings is 2. The molecular formula is C25H25FN2O5S. The molecule has 2 aromatic carbocycles. The molecule has 0 saturated carbocycles. The normalized spacial score (nSPS) is 13.4. The van der Waals surface area contributed by atoms with Gasteiger partial charge in [-0.15, -0.1) is 11.8 Å². The van der Waals surface area contributed by atoms with Gasteiger partial charge in [0.05, 0.1) is 12.4 Å². The SMILES string of the molecule is COc1ccnc(C(=O)N[C@@H](C)C(=O)O[C@@H](C)[C@H](Sc2ccccc2)c2ccc(F)cc2)c1O. The van der Waals surface area contributed by atoms with Gasteiger partial charge in [0.15, 0.2) is 17.2 Å². The molecule has 1 heterocycles.